The zero-order valence-electron chi connectivity index (χ0n) is 14.2. The van der Waals surface area contributed by atoms with Crippen LogP contribution in [0.2, 0.25) is 0 Å². The van der Waals surface area contributed by atoms with Crippen LogP contribution in [0.25, 0.3) is 0 Å². The maximum absolute atomic E-state index is 12.6. The SMILES string of the molecule is CC(C)c1ccc(S(=O)(=O)S(=O)(=O)c2ccc(C(C)C)cc2)cc1. The van der Waals surface area contributed by atoms with Gasteiger partial charge < -0.3 is 0 Å². The van der Waals surface area contributed by atoms with E-state index in [0.29, 0.717) is 0 Å². The molecule has 0 bridgehead atoms. The minimum absolute atomic E-state index is 0.208. The number of hydrogen-bond donors (Lipinski definition) is 0. The molecular weight excluding hydrogens is 344 g/mol. The van der Waals surface area contributed by atoms with Crippen molar-refractivity contribution in [1.82, 2.24) is 0 Å². The van der Waals surface area contributed by atoms with Gasteiger partial charge in [-0.3, -0.25) is 0 Å². The van der Waals surface area contributed by atoms with Gasteiger partial charge in [-0.15, -0.1) is 0 Å². The Kier molecular flexibility index (Phi) is 5.20. The van der Waals surface area contributed by atoms with Crippen molar-refractivity contribution in [2.45, 2.75) is 49.3 Å². The molecule has 0 radical (unpaired) electrons. The molecule has 0 aliphatic rings. The Hall–Kier alpha value is -1.66. The van der Waals surface area contributed by atoms with Gasteiger partial charge in [0.05, 0.1) is 9.79 Å². The first kappa shape index (κ1) is 18.7. The highest BCUT2D eigenvalue weighted by atomic mass is 33.2. The zero-order chi connectivity index (χ0) is 18.1. The lowest BCUT2D eigenvalue weighted by atomic mass is 10.0. The van der Waals surface area contributed by atoms with Crippen LogP contribution in [-0.2, 0) is 17.7 Å². The topological polar surface area (TPSA) is 68.3 Å². The molecular formula is C18H22O4S2. The Morgan fingerprint density at radius 1 is 0.542 bits per heavy atom. The fraction of sp³-hybridized carbons (Fsp3) is 0.333. The Balaban J connectivity index is 2.46. The smallest absolute Gasteiger partial charge is 0.207 e. The maximum Gasteiger partial charge on any atom is 0.286 e. The van der Waals surface area contributed by atoms with Gasteiger partial charge in [0.15, 0.2) is 0 Å². The Labute approximate surface area is 143 Å². The van der Waals surface area contributed by atoms with Gasteiger partial charge in [0.1, 0.15) is 0 Å². The summed E-state index contributed by atoms with van der Waals surface area (Å²) < 4.78 is 50.3. The molecule has 24 heavy (non-hydrogen) atoms. The first-order valence-corrected chi connectivity index (χ1v) is 11.3. The van der Waals surface area contributed by atoms with Crippen LogP contribution in [0, 0.1) is 0 Å². The van der Waals surface area contributed by atoms with Crippen molar-refractivity contribution in [2.75, 3.05) is 0 Å². The third kappa shape index (κ3) is 3.39. The molecule has 0 aliphatic carbocycles. The zero-order valence-corrected chi connectivity index (χ0v) is 15.9. The molecule has 0 fully saturated rings. The van der Waals surface area contributed by atoms with Gasteiger partial charge in [0.2, 0.25) is 0 Å². The fourth-order valence-corrected chi connectivity index (χ4v) is 5.92. The summed E-state index contributed by atoms with van der Waals surface area (Å²) in [4.78, 5) is -0.417. The summed E-state index contributed by atoms with van der Waals surface area (Å²) in [6.07, 6.45) is 0. The molecule has 0 unspecified atom stereocenters. The van der Waals surface area contributed by atoms with E-state index in [-0.39, 0.29) is 21.6 Å². The van der Waals surface area contributed by atoms with Gasteiger partial charge in [0, 0.05) is 0 Å². The predicted molar refractivity (Wildman–Crippen MR) is 95.4 cm³/mol. The van der Waals surface area contributed by atoms with Gasteiger partial charge in [-0.25, -0.2) is 16.8 Å². The van der Waals surface area contributed by atoms with Crippen molar-refractivity contribution in [2.24, 2.45) is 0 Å². The Morgan fingerprint density at radius 2 is 0.792 bits per heavy atom. The molecule has 4 nitrogen and oxygen atoms in total. The van der Waals surface area contributed by atoms with E-state index in [4.69, 9.17) is 0 Å². The maximum atomic E-state index is 12.6. The van der Waals surface area contributed by atoms with Gasteiger partial charge in [-0.05, 0) is 47.2 Å². The first-order valence-electron chi connectivity index (χ1n) is 7.77. The molecule has 0 atom stereocenters. The quantitative estimate of drug-likeness (QED) is 0.747. The van der Waals surface area contributed by atoms with E-state index >= 15 is 0 Å². The summed E-state index contributed by atoms with van der Waals surface area (Å²) in [6, 6.07) is 12.0. The number of rotatable bonds is 5. The summed E-state index contributed by atoms with van der Waals surface area (Å²) in [5.74, 6) is 0.476. The summed E-state index contributed by atoms with van der Waals surface area (Å²) >= 11 is 0. The molecule has 0 N–H and O–H groups in total. The molecule has 2 rings (SSSR count). The second kappa shape index (κ2) is 6.69. The summed E-state index contributed by atoms with van der Waals surface area (Å²) in [5.41, 5.74) is 1.90. The average Bonchev–Trinajstić information content (AvgIpc) is 2.54. The van der Waals surface area contributed by atoms with Crippen LogP contribution in [0.3, 0.4) is 0 Å². The van der Waals surface area contributed by atoms with E-state index in [1.54, 1.807) is 24.3 Å². The normalized spacial score (nSPS) is 12.8. The van der Waals surface area contributed by atoms with Crippen LogP contribution >= 0.6 is 0 Å². The first-order chi connectivity index (χ1) is 11.1. The number of benzene rings is 2. The molecule has 0 aliphatic heterocycles. The second-order valence-electron chi connectivity index (χ2n) is 6.36. The average molecular weight is 367 g/mol. The van der Waals surface area contributed by atoms with Crippen LogP contribution in [0.1, 0.15) is 50.7 Å². The van der Waals surface area contributed by atoms with E-state index in [1.807, 2.05) is 27.7 Å². The third-order valence-electron chi connectivity index (χ3n) is 3.96. The van der Waals surface area contributed by atoms with Crippen LogP contribution in [0.5, 0.6) is 0 Å². The summed E-state index contributed by atoms with van der Waals surface area (Å²) in [6.45, 7) is 7.93. The fourth-order valence-electron chi connectivity index (χ4n) is 2.29. The van der Waals surface area contributed by atoms with Gasteiger partial charge >= 0.3 is 0 Å². The molecule has 2 aromatic carbocycles. The van der Waals surface area contributed by atoms with E-state index in [9.17, 15) is 16.8 Å². The van der Waals surface area contributed by atoms with Crippen molar-refractivity contribution in [3.8, 4) is 0 Å². The highest BCUT2D eigenvalue weighted by molar-refractivity contribution is 8.67. The van der Waals surface area contributed by atoms with Crippen molar-refractivity contribution in [3.05, 3.63) is 59.7 Å². The Morgan fingerprint density at radius 3 is 1.00 bits per heavy atom. The molecule has 0 amide bonds. The highest BCUT2D eigenvalue weighted by Crippen LogP contribution is 2.27. The van der Waals surface area contributed by atoms with Gasteiger partial charge in [0.25, 0.3) is 17.7 Å². The lowest BCUT2D eigenvalue weighted by Gasteiger charge is -2.10. The molecule has 0 spiro atoms. The minimum atomic E-state index is -4.49. The minimum Gasteiger partial charge on any atom is -0.207 e. The summed E-state index contributed by atoms with van der Waals surface area (Å²) in [7, 11) is -8.99. The largest absolute Gasteiger partial charge is 0.286 e. The lowest BCUT2D eigenvalue weighted by molar-refractivity contribution is 0.582. The van der Waals surface area contributed by atoms with Gasteiger partial charge in [-0.2, -0.15) is 0 Å². The lowest BCUT2D eigenvalue weighted by Crippen LogP contribution is -2.16. The van der Waals surface area contributed by atoms with Crippen molar-refractivity contribution >= 4 is 17.7 Å². The van der Waals surface area contributed by atoms with E-state index < -0.39 is 17.7 Å². The van der Waals surface area contributed by atoms with Crippen LogP contribution < -0.4 is 0 Å². The molecule has 6 heteroatoms. The molecule has 0 saturated carbocycles. The monoisotopic (exact) mass is 366 g/mol. The molecule has 0 saturated heterocycles. The van der Waals surface area contributed by atoms with Crippen LogP contribution in [0.15, 0.2) is 58.3 Å². The second-order valence-corrected chi connectivity index (χ2v) is 11.7. The molecule has 2 aromatic rings. The van der Waals surface area contributed by atoms with Crippen LogP contribution in [-0.4, -0.2) is 16.8 Å². The Bertz CT molecular complexity index is 826. The molecule has 0 aromatic heterocycles. The van der Waals surface area contributed by atoms with E-state index in [0.717, 1.165) is 11.1 Å². The van der Waals surface area contributed by atoms with E-state index in [1.165, 1.54) is 24.3 Å². The van der Waals surface area contributed by atoms with Gasteiger partial charge in [-0.1, -0.05) is 52.0 Å². The van der Waals surface area contributed by atoms with Crippen molar-refractivity contribution in [3.63, 3.8) is 0 Å². The molecule has 0 heterocycles. The molecule has 130 valence electrons. The van der Waals surface area contributed by atoms with Crippen molar-refractivity contribution < 1.29 is 16.8 Å². The summed E-state index contributed by atoms with van der Waals surface area (Å²) in [5, 5.41) is 0. The standard InChI is InChI=1S/C18H22O4S2/c1-13(2)15-5-9-17(10-6-15)23(19,20)24(21,22)18-11-7-16(8-12-18)14(3)4/h5-14H,1-4H3. The highest BCUT2D eigenvalue weighted by Gasteiger charge is 2.33. The van der Waals surface area contributed by atoms with E-state index in [2.05, 4.69) is 0 Å². The number of hydrogen-bond acceptors (Lipinski definition) is 4. The third-order valence-corrected chi connectivity index (χ3v) is 9.12. The van der Waals surface area contributed by atoms with Crippen LogP contribution in [0.4, 0.5) is 0 Å². The van der Waals surface area contributed by atoms with Crippen molar-refractivity contribution in [1.29, 1.82) is 0 Å². The predicted octanol–water partition coefficient (Wildman–Crippen LogP) is 4.10.